The van der Waals surface area contributed by atoms with Gasteiger partial charge < -0.3 is 4.42 Å². The molecule has 0 saturated heterocycles. The Kier molecular flexibility index (Phi) is 9.05. The zero-order valence-corrected chi connectivity index (χ0v) is 32.0. The molecule has 0 fully saturated rings. The second kappa shape index (κ2) is 14.9. The van der Waals surface area contributed by atoms with Crippen LogP contribution in [0.25, 0.3) is 66.1 Å². The molecule has 0 saturated carbocycles. The fourth-order valence-electron chi connectivity index (χ4n) is 8.87. The van der Waals surface area contributed by atoms with E-state index in [0.29, 0.717) is 0 Å². The van der Waals surface area contributed by atoms with Crippen molar-refractivity contribution in [3.05, 3.63) is 240 Å². The van der Waals surface area contributed by atoms with Crippen LogP contribution in [-0.2, 0) is 12.8 Å². The molecule has 272 valence electrons. The molecule has 0 spiro atoms. The van der Waals surface area contributed by atoms with Crippen LogP contribution in [0.15, 0.2) is 211 Å². The summed E-state index contributed by atoms with van der Waals surface area (Å²) in [6, 6.07) is 75.2. The van der Waals surface area contributed by atoms with E-state index in [-0.39, 0.29) is 5.92 Å². The molecule has 1 atom stereocenters. The third kappa shape index (κ3) is 6.72. The first-order valence-electron chi connectivity index (χ1n) is 20.0. The van der Waals surface area contributed by atoms with Crippen molar-refractivity contribution < 1.29 is 4.42 Å². The predicted molar refractivity (Wildman–Crippen MR) is 240 cm³/mol. The summed E-state index contributed by atoms with van der Waals surface area (Å²) in [6.45, 7) is 2.26. The molecule has 1 heteroatoms. The first kappa shape index (κ1) is 34.5. The number of para-hydroxylation sites is 1. The molecule has 0 amide bonds. The van der Waals surface area contributed by atoms with E-state index in [1.54, 1.807) is 0 Å². The average molecular weight is 731 g/mol. The molecule has 0 bridgehead atoms. The highest BCUT2D eigenvalue weighted by atomic mass is 16.3. The number of furan rings is 1. The maximum absolute atomic E-state index is 6.37. The molecule has 0 aliphatic carbocycles. The van der Waals surface area contributed by atoms with Gasteiger partial charge in [0.1, 0.15) is 11.2 Å². The van der Waals surface area contributed by atoms with Gasteiger partial charge in [0.2, 0.25) is 0 Å². The Morgan fingerprint density at radius 2 is 1.07 bits per heavy atom. The minimum absolute atomic E-state index is 0.120. The Morgan fingerprint density at radius 3 is 1.93 bits per heavy atom. The SMILES string of the molecule is Cc1cc(-c2ccccc2C(Cc2ccc3c(c2)oc2ccccc23)c2ccc(-c3ccccc3)cc2)ccc1-c1ccccc1Cc1cccc2ccccc12. The lowest BCUT2D eigenvalue weighted by Gasteiger charge is -2.23. The quantitative estimate of drug-likeness (QED) is 0.144. The van der Waals surface area contributed by atoms with Gasteiger partial charge in [0.05, 0.1) is 0 Å². The molecule has 1 nitrogen and oxygen atoms in total. The molecule has 0 aliphatic rings. The van der Waals surface area contributed by atoms with E-state index in [2.05, 4.69) is 207 Å². The molecule has 1 aromatic heterocycles. The highest BCUT2D eigenvalue weighted by Gasteiger charge is 2.21. The van der Waals surface area contributed by atoms with Gasteiger partial charge >= 0.3 is 0 Å². The van der Waals surface area contributed by atoms with Crippen LogP contribution in [0, 0.1) is 6.92 Å². The van der Waals surface area contributed by atoms with Crippen LogP contribution in [0.5, 0.6) is 0 Å². The predicted octanol–water partition coefficient (Wildman–Crippen LogP) is 15.0. The van der Waals surface area contributed by atoms with Crippen molar-refractivity contribution in [3.8, 4) is 33.4 Å². The summed E-state index contributed by atoms with van der Waals surface area (Å²) in [7, 11) is 0. The Hall–Kier alpha value is -6.96. The van der Waals surface area contributed by atoms with Gasteiger partial charge in [-0.05, 0) is 109 Å². The standard InChI is InChI=1S/C56H42O/c1-38-34-46(31-33-47(38)49-21-8-6-17-45(49)37-44-19-13-18-42-16-5-7-20-48(42)44)50-22-9-10-23-51(50)54(43-29-27-41(28-30-43)40-14-3-2-4-15-40)35-39-26-32-53-52-24-11-12-25-55(52)57-56(53)36-39/h2-34,36,54H,35,37H2,1H3. The average Bonchev–Trinajstić information content (AvgIpc) is 3.64. The van der Waals surface area contributed by atoms with E-state index in [0.717, 1.165) is 34.8 Å². The van der Waals surface area contributed by atoms with E-state index in [4.69, 9.17) is 4.42 Å². The summed E-state index contributed by atoms with van der Waals surface area (Å²) < 4.78 is 6.37. The molecule has 10 rings (SSSR count). The van der Waals surface area contributed by atoms with Gasteiger partial charge in [-0.15, -0.1) is 0 Å². The van der Waals surface area contributed by atoms with E-state index >= 15 is 0 Å². The first-order chi connectivity index (χ1) is 28.2. The molecule has 57 heavy (non-hydrogen) atoms. The monoisotopic (exact) mass is 730 g/mol. The maximum atomic E-state index is 6.37. The maximum Gasteiger partial charge on any atom is 0.135 e. The van der Waals surface area contributed by atoms with Gasteiger partial charge in [-0.25, -0.2) is 0 Å². The molecular weight excluding hydrogens is 689 g/mol. The van der Waals surface area contributed by atoms with Crippen LogP contribution in [0.4, 0.5) is 0 Å². The molecule has 0 N–H and O–H groups in total. The van der Waals surface area contributed by atoms with Crippen molar-refractivity contribution in [2.45, 2.75) is 25.7 Å². The van der Waals surface area contributed by atoms with E-state index in [1.165, 1.54) is 77.5 Å². The second-order valence-electron chi connectivity index (χ2n) is 15.3. The van der Waals surface area contributed by atoms with Gasteiger partial charge in [-0.1, -0.05) is 194 Å². The third-order valence-electron chi connectivity index (χ3n) is 11.7. The van der Waals surface area contributed by atoms with Gasteiger partial charge in [0.25, 0.3) is 0 Å². The number of rotatable bonds is 9. The smallest absolute Gasteiger partial charge is 0.135 e. The highest BCUT2D eigenvalue weighted by molar-refractivity contribution is 6.05. The minimum atomic E-state index is 0.120. The van der Waals surface area contributed by atoms with E-state index in [1.807, 2.05) is 6.07 Å². The lowest BCUT2D eigenvalue weighted by atomic mass is 9.81. The third-order valence-corrected chi connectivity index (χ3v) is 11.7. The number of fused-ring (bicyclic) bond motifs is 4. The Morgan fingerprint density at radius 1 is 0.421 bits per heavy atom. The molecule has 10 aromatic rings. The highest BCUT2D eigenvalue weighted by Crippen LogP contribution is 2.40. The molecule has 1 unspecified atom stereocenters. The van der Waals surface area contributed by atoms with Crippen molar-refractivity contribution >= 4 is 32.7 Å². The summed E-state index contributed by atoms with van der Waals surface area (Å²) >= 11 is 0. The summed E-state index contributed by atoms with van der Waals surface area (Å²) in [5.41, 5.74) is 17.2. The van der Waals surface area contributed by atoms with Crippen LogP contribution in [0.3, 0.4) is 0 Å². The summed E-state index contributed by atoms with van der Waals surface area (Å²) in [6.07, 6.45) is 1.72. The molecule has 9 aromatic carbocycles. The lowest BCUT2D eigenvalue weighted by molar-refractivity contribution is 0.667. The van der Waals surface area contributed by atoms with Crippen molar-refractivity contribution in [3.63, 3.8) is 0 Å². The topological polar surface area (TPSA) is 13.1 Å². The first-order valence-corrected chi connectivity index (χ1v) is 20.0. The number of benzene rings is 9. The Balaban J connectivity index is 1.03. The fraction of sp³-hybridized carbons (Fsp3) is 0.0714. The second-order valence-corrected chi connectivity index (χ2v) is 15.3. The zero-order chi connectivity index (χ0) is 38.1. The summed E-state index contributed by atoms with van der Waals surface area (Å²) in [4.78, 5) is 0. The van der Waals surface area contributed by atoms with Crippen molar-refractivity contribution in [1.29, 1.82) is 0 Å². The number of hydrogen-bond acceptors (Lipinski definition) is 1. The molecular formula is C56H42O. The molecule has 1 heterocycles. The summed E-state index contributed by atoms with van der Waals surface area (Å²) in [5.74, 6) is 0.120. The van der Waals surface area contributed by atoms with Gasteiger partial charge in [-0.2, -0.15) is 0 Å². The van der Waals surface area contributed by atoms with Gasteiger partial charge in [-0.3, -0.25) is 0 Å². The Labute approximate surface area is 334 Å². The number of hydrogen-bond donors (Lipinski definition) is 0. The lowest BCUT2D eigenvalue weighted by Crippen LogP contribution is -2.07. The Bertz CT molecular complexity index is 3020. The number of aryl methyl sites for hydroxylation is 1. The van der Waals surface area contributed by atoms with Gasteiger partial charge in [0, 0.05) is 16.7 Å². The van der Waals surface area contributed by atoms with Crippen molar-refractivity contribution in [1.82, 2.24) is 0 Å². The molecule has 0 aliphatic heterocycles. The summed E-state index contributed by atoms with van der Waals surface area (Å²) in [5, 5.41) is 4.92. The van der Waals surface area contributed by atoms with Gasteiger partial charge in [0.15, 0.2) is 0 Å². The van der Waals surface area contributed by atoms with Crippen LogP contribution in [0.2, 0.25) is 0 Å². The van der Waals surface area contributed by atoms with Crippen molar-refractivity contribution in [2.24, 2.45) is 0 Å². The van der Waals surface area contributed by atoms with E-state index in [9.17, 15) is 0 Å². The fourth-order valence-corrected chi connectivity index (χ4v) is 8.87. The van der Waals surface area contributed by atoms with Crippen LogP contribution < -0.4 is 0 Å². The normalized spacial score (nSPS) is 12.0. The van der Waals surface area contributed by atoms with Crippen LogP contribution in [0.1, 0.15) is 39.3 Å². The largest absolute Gasteiger partial charge is 0.456 e. The van der Waals surface area contributed by atoms with Crippen LogP contribution in [-0.4, -0.2) is 0 Å². The zero-order valence-electron chi connectivity index (χ0n) is 32.0. The van der Waals surface area contributed by atoms with Crippen LogP contribution >= 0.6 is 0 Å². The van der Waals surface area contributed by atoms with Crippen molar-refractivity contribution in [2.75, 3.05) is 0 Å². The molecule has 0 radical (unpaired) electrons. The van der Waals surface area contributed by atoms with E-state index < -0.39 is 0 Å². The minimum Gasteiger partial charge on any atom is -0.456 e.